The van der Waals surface area contributed by atoms with E-state index < -0.39 is 0 Å². The summed E-state index contributed by atoms with van der Waals surface area (Å²) in [5.74, 6) is -0.128. The van der Waals surface area contributed by atoms with Crippen LogP contribution >= 0.6 is 15.9 Å². The molecule has 0 aromatic heterocycles. The number of rotatable bonds is 6. The summed E-state index contributed by atoms with van der Waals surface area (Å²) in [6.07, 6.45) is 6.82. The van der Waals surface area contributed by atoms with Gasteiger partial charge in [0.15, 0.2) is 0 Å². The number of amides is 1. The Morgan fingerprint density at radius 3 is 2.47 bits per heavy atom. The predicted molar refractivity (Wildman–Crippen MR) is 124 cm³/mol. The minimum Gasteiger partial charge on any atom is -0.466 e. The number of ether oxygens (including phenoxy) is 1. The Hall–Kier alpha value is -2.40. The van der Waals surface area contributed by atoms with Crippen molar-refractivity contribution in [1.82, 2.24) is 0 Å². The third-order valence-electron chi connectivity index (χ3n) is 5.62. The molecule has 0 heterocycles. The molecule has 1 aliphatic rings. The quantitative estimate of drug-likeness (QED) is 0.377. The van der Waals surface area contributed by atoms with Gasteiger partial charge in [-0.05, 0) is 60.7 Å². The van der Waals surface area contributed by atoms with E-state index in [0.29, 0.717) is 6.54 Å². The first-order valence-electron chi connectivity index (χ1n) is 10.4. The maximum Gasteiger partial charge on any atom is 0.330 e. The molecule has 3 rings (SSSR count). The van der Waals surface area contributed by atoms with Crippen molar-refractivity contribution in [1.29, 1.82) is 0 Å². The van der Waals surface area contributed by atoms with E-state index in [0.717, 1.165) is 52.5 Å². The van der Waals surface area contributed by atoms with Crippen LogP contribution in [0.4, 0.5) is 5.69 Å². The van der Waals surface area contributed by atoms with E-state index in [1.54, 1.807) is 0 Å². The number of benzene rings is 2. The third-order valence-corrected chi connectivity index (χ3v) is 6.15. The Labute approximate surface area is 187 Å². The SMILES string of the molecule is COC(=O)C=C(C)c1cccc(N(Cc2ccc(Br)cc2)C(=O)C2CCCCC2)c1. The number of nitrogens with zero attached hydrogens (tertiary/aromatic N) is 1. The lowest BCUT2D eigenvalue weighted by molar-refractivity contribution is -0.134. The van der Waals surface area contributed by atoms with Gasteiger partial charge >= 0.3 is 5.97 Å². The van der Waals surface area contributed by atoms with Crippen molar-refractivity contribution in [2.75, 3.05) is 12.0 Å². The lowest BCUT2D eigenvalue weighted by atomic mass is 9.88. The summed E-state index contributed by atoms with van der Waals surface area (Å²) in [7, 11) is 1.37. The fraction of sp³-hybridized carbons (Fsp3) is 0.360. The van der Waals surface area contributed by atoms with Crippen LogP contribution in [0.3, 0.4) is 0 Å². The van der Waals surface area contributed by atoms with Crippen molar-refractivity contribution in [2.45, 2.75) is 45.6 Å². The number of methoxy groups -OCH3 is 1. The fourth-order valence-electron chi connectivity index (χ4n) is 3.88. The van der Waals surface area contributed by atoms with Gasteiger partial charge in [0.1, 0.15) is 0 Å². The summed E-state index contributed by atoms with van der Waals surface area (Å²) < 4.78 is 5.76. The van der Waals surface area contributed by atoms with E-state index in [1.165, 1.54) is 19.6 Å². The second-order valence-electron chi connectivity index (χ2n) is 7.79. The molecule has 0 aliphatic heterocycles. The van der Waals surface area contributed by atoms with Crippen LogP contribution in [0.1, 0.15) is 50.2 Å². The first kappa shape index (κ1) is 22.3. The average molecular weight is 470 g/mol. The van der Waals surface area contributed by atoms with Crippen molar-refractivity contribution in [3.8, 4) is 0 Å². The molecule has 158 valence electrons. The van der Waals surface area contributed by atoms with Gasteiger partial charge in [0.2, 0.25) is 5.91 Å². The van der Waals surface area contributed by atoms with Crippen molar-refractivity contribution in [3.63, 3.8) is 0 Å². The summed E-state index contributed by atoms with van der Waals surface area (Å²) in [6.45, 7) is 2.39. The lowest BCUT2D eigenvalue weighted by Gasteiger charge is -2.30. The van der Waals surface area contributed by atoms with Crippen molar-refractivity contribution < 1.29 is 14.3 Å². The molecule has 0 N–H and O–H groups in total. The number of carbonyl (C=O) groups excluding carboxylic acids is 2. The van der Waals surface area contributed by atoms with Gasteiger partial charge in [-0.25, -0.2) is 4.79 Å². The van der Waals surface area contributed by atoms with Crippen LogP contribution in [0.2, 0.25) is 0 Å². The summed E-state index contributed by atoms with van der Waals surface area (Å²) in [5.41, 5.74) is 3.63. The molecule has 5 heteroatoms. The molecule has 1 amide bonds. The normalized spacial score (nSPS) is 15.0. The molecule has 0 saturated heterocycles. The molecule has 2 aromatic rings. The molecule has 0 unspecified atom stereocenters. The zero-order chi connectivity index (χ0) is 21.5. The number of hydrogen-bond donors (Lipinski definition) is 0. The first-order valence-corrected chi connectivity index (χ1v) is 11.2. The molecular weight excluding hydrogens is 442 g/mol. The maximum absolute atomic E-state index is 13.5. The monoisotopic (exact) mass is 469 g/mol. The number of anilines is 1. The van der Waals surface area contributed by atoms with Gasteiger partial charge in [0.05, 0.1) is 13.7 Å². The topological polar surface area (TPSA) is 46.6 Å². The molecule has 1 fully saturated rings. The van der Waals surface area contributed by atoms with Crippen LogP contribution in [0, 0.1) is 5.92 Å². The van der Waals surface area contributed by atoms with E-state index in [4.69, 9.17) is 4.74 Å². The highest BCUT2D eigenvalue weighted by molar-refractivity contribution is 9.10. The third kappa shape index (κ3) is 5.82. The van der Waals surface area contributed by atoms with Crippen molar-refractivity contribution in [3.05, 3.63) is 70.2 Å². The molecule has 2 aromatic carbocycles. The minimum atomic E-state index is -0.386. The number of hydrogen-bond acceptors (Lipinski definition) is 3. The smallest absolute Gasteiger partial charge is 0.330 e. The zero-order valence-electron chi connectivity index (χ0n) is 17.6. The van der Waals surface area contributed by atoms with Gasteiger partial charge in [-0.2, -0.15) is 0 Å². The Kier molecular flexibility index (Phi) is 7.86. The van der Waals surface area contributed by atoms with Gasteiger partial charge < -0.3 is 9.64 Å². The number of halogens is 1. The Morgan fingerprint density at radius 2 is 1.80 bits per heavy atom. The first-order chi connectivity index (χ1) is 14.5. The highest BCUT2D eigenvalue weighted by Gasteiger charge is 2.27. The Morgan fingerprint density at radius 1 is 1.10 bits per heavy atom. The van der Waals surface area contributed by atoms with Crippen LogP contribution in [0.5, 0.6) is 0 Å². The van der Waals surface area contributed by atoms with Gasteiger partial charge in [0.25, 0.3) is 0 Å². The van der Waals surface area contributed by atoms with Crippen molar-refractivity contribution in [2.24, 2.45) is 5.92 Å². The zero-order valence-corrected chi connectivity index (χ0v) is 19.2. The standard InChI is InChI=1S/C25H28BrNO3/c1-18(15-24(28)30-2)21-9-6-10-23(16-21)27(17-19-11-13-22(26)14-12-19)25(29)20-7-4-3-5-8-20/h6,9-16,20H,3-5,7-8,17H2,1-2H3. The summed E-state index contributed by atoms with van der Waals surface area (Å²) >= 11 is 3.47. The van der Waals surface area contributed by atoms with Gasteiger partial charge in [0, 0.05) is 22.2 Å². The van der Waals surface area contributed by atoms with Gasteiger partial charge in [-0.3, -0.25) is 4.79 Å². The van der Waals surface area contributed by atoms with Crippen LogP contribution in [-0.4, -0.2) is 19.0 Å². The van der Waals surface area contributed by atoms with Crippen LogP contribution in [-0.2, 0) is 20.9 Å². The minimum absolute atomic E-state index is 0.0737. The van der Waals surface area contributed by atoms with Crippen molar-refractivity contribution >= 4 is 39.1 Å². The Balaban J connectivity index is 1.93. The fourth-order valence-corrected chi connectivity index (χ4v) is 4.14. The summed E-state index contributed by atoms with van der Waals surface area (Å²) in [4.78, 5) is 27.0. The van der Waals surface area contributed by atoms with Crippen LogP contribution < -0.4 is 4.90 Å². The molecule has 0 atom stereocenters. The maximum atomic E-state index is 13.5. The van der Waals surface area contributed by atoms with E-state index in [9.17, 15) is 9.59 Å². The highest BCUT2D eigenvalue weighted by Crippen LogP contribution is 2.30. The molecule has 0 bridgehead atoms. The van der Waals surface area contributed by atoms with Crippen LogP contribution in [0.25, 0.3) is 5.57 Å². The molecule has 0 spiro atoms. The Bertz CT molecular complexity index is 914. The predicted octanol–water partition coefficient (Wildman–Crippen LogP) is 6.14. The second-order valence-corrected chi connectivity index (χ2v) is 8.70. The van der Waals surface area contributed by atoms with Gasteiger partial charge in [-0.15, -0.1) is 0 Å². The number of allylic oxidation sites excluding steroid dienone is 1. The number of esters is 1. The average Bonchev–Trinajstić information content (AvgIpc) is 2.78. The lowest BCUT2D eigenvalue weighted by Crippen LogP contribution is -2.36. The number of carbonyl (C=O) groups is 2. The molecule has 4 nitrogen and oxygen atoms in total. The van der Waals surface area contributed by atoms with E-state index in [2.05, 4.69) is 15.9 Å². The summed E-state index contributed by atoms with van der Waals surface area (Å²) in [5, 5.41) is 0. The molecule has 1 saturated carbocycles. The molecule has 1 aliphatic carbocycles. The molecular formula is C25H28BrNO3. The van der Waals surface area contributed by atoms with E-state index >= 15 is 0 Å². The largest absolute Gasteiger partial charge is 0.466 e. The molecule has 30 heavy (non-hydrogen) atoms. The van der Waals surface area contributed by atoms with Crippen LogP contribution in [0.15, 0.2) is 59.1 Å². The summed E-state index contributed by atoms with van der Waals surface area (Å²) in [6, 6.07) is 15.9. The highest BCUT2D eigenvalue weighted by atomic mass is 79.9. The van der Waals surface area contributed by atoms with E-state index in [1.807, 2.05) is 60.4 Å². The van der Waals surface area contributed by atoms with E-state index in [-0.39, 0.29) is 17.8 Å². The second kappa shape index (κ2) is 10.6. The van der Waals surface area contributed by atoms with Gasteiger partial charge in [-0.1, -0.05) is 59.5 Å². The molecule has 0 radical (unpaired) electrons.